The van der Waals surface area contributed by atoms with Crippen LogP contribution in [0.5, 0.6) is 0 Å². The Morgan fingerprint density at radius 3 is 2.47 bits per heavy atom. The van der Waals surface area contributed by atoms with Crippen molar-refractivity contribution < 1.29 is 22.7 Å². The van der Waals surface area contributed by atoms with E-state index in [0.29, 0.717) is 6.42 Å². The quantitative estimate of drug-likeness (QED) is 0.658. The van der Waals surface area contributed by atoms with E-state index in [2.05, 4.69) is 0 Å². The molecule has 1 saturated carbocycles. The topological polar surface area (TPSA) is 80.8 Å². The number of fused-ring (bicyclic) bond motifs is 5. The molecule has 0 unspecified atom stereocenters. The fraction of sp³-hybridized carbons (Fsp3) is 0.440. The number of rotatable bonds is 4. The molecular formula is C25H27NO5S. The van der Waals surface area contributed by atoms with E-state index in [-0.39, 0.29) is 35.7 Å². The number of hydrogen-bond acceptors (Lipinski definition) is 6. The van der Waals surface area contributed by atoms with Gasteiger partial charge in [-0.1, -0.05) is 42.5 Å². The molecule has 1 aliphatic carbocycles. The van der Waals surface area contributed by atoms with Crippen molar-refractivity contribution >= 4 is 21.6 Å². The van der Waals surface area contributed by atoms with Crippen molar-refractivity contribution in [3.8, 4) is 0 Å². The standard InChI is InChI=1S/C25H27NO5S/c1-2-31-25(28)24-18-12-7-6-11-17(18)23-22(32(29,30)16-9-4-3-5-10-16)15-19-20(26(23)24)13-8-14-21(19)27/h3-7,9-12,19-20,22-24H,2,8,13-15H2,1H3/t19-,20-,22-,23-,24-/m1/s1. The number of Topliss-reactive ketones (excluding diaryl/α,β-unsaturated/α-hetero) is 1. The van der Waals surface area contributed by atoms with E-state index < -0.39 is 33.1 Å². The van der Waals surface area contributed by atoms with Crippen molar-refractivity contribution in [3.05, 3.63) is 65.7 Å². The van der Waals surface area contributed by atoms with Gasteiger partial charge >= 0.3 is 5.97 Å². The molecule has 5 atom stereocenters. The summed E-state index contributed by atoms with van der Waals surface area (Å²) in [6.07, 6.45) is 2.28. The Morgan fingerprint density at radius 2 is 1.75 bits per heavy atom. The predicted molar refractivity (Wildman–Crippen MR) is 119 cm³/mol. The van der Waals surface area contributed by atoms with Crippen molar-refractivity contribution in [2.45, 2.75) is 60.9 Å². The first-order valence-corrected chi connectivity index (χ1v) is 12.8. The molecule has 1 saturated heterocycles. The molecule has 2 heterocycles. The summed E-state index contributed by atoms with van der Waals surface area (Å²) in [5.74, 6) is -0.668. The highest BCUT2D eigenvalue weighted by Crippen LogP contribution is 2.55. The number of nitrogens with zero attached hydrogens (tertiary/aromatic N) is 1. The van der Waals surface area contributed by atoms with Crippen LogP contribution in [-0.2, 0) is 24.2 Å². The molecule has 0 aromatic heterocycles. The Hall–Kier alpha value is -2.51. The van der Waals surface area contributed by atoms with Crippen LogP contribution >= 0.6 is 0 Å². The maximum atomic E-state index is 13.9. The van der Waals surface area contributed by atoms with Crippen LogP contribution in [0, 0.1) is 5.92 Å². The number of sulfone groups is 1. The average Bonchev–Trinajstić information content (AvgIpc) is 3.15. The molecule has 0 N–H and O–H groups in total. The second-order valence-corrected chi connectivity index (χ2v) is 11.0. The smallest absolute Gasteiger partial charge is 0.328 e. The van der Waals surface area contributed by atoms with Crippen molar-refractivity contribution in [1.82, 2.24) is 4.90 Å². The van der Waals surface area contributed by atoms with E-state index in [1.54, 1.807) is 37.3 Å². The van der Waals surface area contributed by atoms with Crippen LogP contribution < -0.4 is 0 Å². The summed E-state index contributed by atoms with van der Waals surface area (Å²) < 4.78 is 33.2. The minimum atomic E-state index is -3.74. The van der Waals surface area contributed by atoms with Gasteiger partial charge in [-0.25, -0.2) is 13.2 Å². The zero-order chi connectivity index (χ0) is 22.5. The highest BCUT2D eigenvalue weighted by atomic mass is 32.2. The van der Waals surface area contributed by atoms with E-state index in [1.807, 2.05) is 29.2 Å². The summed E-state index contributed by atoms with van der Waals surface area (Å²) >= 11 is 0. The Morgan fingerprint density at radius 1 is 1.06 bits per heavy atom. The van der Waals surface area contributed by atoms with Crippen LogP contribution in [0.15, 0.2) is 59.5 Å². The molecule has 0 amide bonds. The second kappa shape index (κ2) is 8.12. The summed E-state index contributed by atoms with van der Waals surface area (Å²) in [4.78, 5) is 28.4. The maximum Gasteiger partial charge on any atom is 0.328 e. The third kappa shape index (κ3) is 3.21. The van der Waals surface area contributed by atoms with Crippen LogP contribution in [0.2, 0.25) is 0 Å². The van der Waals surface area contributed by atoms with Gasteiger partial charge in [0.1, 0.15) is 11.8 Å². The average molecular weight is 454 g/mol. The van der Waals surface area contributed by atoms with E-state index >= 15 is 0 Å². The number of carbonyl (C=O) groups excluding carboxylic acids is 2. The molecule has 0 radical (unpaired) electrons. The first kappa shape index (κ1) is 21.3. The summed E-state index contributed by atoms with van der Waals surface area (Å²) in [5.41, 5.74) is 1.65. The van der Waals surface area contributed by atoms with Gasteiger partial charge in [0.05, 0.1) is 22.8 Å². The van der Waals surface area contributed by atoms with Crippen molar-refractivity contribution in [1.29, 1.82) is 0 Å². The molecule has 2 aromatic carbocycles. The van der Waals surface area contributed by atoms with Gasteiger partial charge in [0.2, 0.25) is 0 Å². The third-order valence-corrected chi connectivity index (χ3v) is 9.41. The van der Waals surface area contributed by atoms with Crippen LogP contribution in [0.4, 0.5) is 0 Å². The molecule has 2 fully saturated rings. The first-order chi connectivity index (χ1) is 15.4. The molecule has 0 spiro atoms. The number of hydrogen-bond donors (Lipinski definition) is 0. The molecule has 6 nitrogen and oxygen atoms in total. The molecule has 3 aliphatic rings. The van der Waals surface area contributed by atoms with Gasteiger partial charge in [-0.2, -0.15) is 0 Å². The SMILES string of the molecule is CCOC(=O)[C@H]1c2ccccc2[C@@H]2[C@H](S(=O)(=O)c3ccccc3)C[C@H]3C(=O)CCC[C@H]3N21. The molecule has 32 heavy (non-hydrogen) atoms. The molecular weight excluding hydrogens is 426 g/mol. The van der Waals surface area contributed by atoms with Crippen molar-refractivity contribution in [3.63, 3.8) is 0 Å². The molecule has 0 bridgehead atoms. The lowest BCUT2D eigenvalue weighted by Gasteiger charge is -2.49. The number of carbonyl (C=O) groups is 2. The highest BCUT2D eigenvalue weighted by Gasteiger charge is 2.58. The molecule has 2 aromatic rings. The lowest BCUT2D eigenvalue weighted by molar-refractivity contribution is -0.155. The van der Waals surface area contributed by atoms with Crippen molar-refractivity contribution in [2.75, 3.05) is 6.61 Å². The first-order valence-electron chi connectivity index (χ1n) is 11.3. The highest BCUT2D eigenvalue weighted by molar-refractivity contribution is 7.92. The van der Waals surface area contributed by atoms with Crippen LogP contribution in [0.25, 0.3) is 0 Å². The number of ether oxygens (including phenoxy) is 1. The largest absolute Gasteiger partial charge is 0.465 e. The van der Waals surface area contributed by atoms with E-state index in [9.17, 15) is 18.0 Å². The lowest BCUT2D eigenvalue weighted by atomic mass is 9.75. The summed E-state index contributed by atoms with van der Waals surface area (Å²) in [5, 5.41) is -0.811. The maximum absolute atomic E-state index is 13.9. The predicted octanol–water partition coefficient (Wildman–Crippen LogP) is 3.63. The van der Waals surface area contributed by atoms with Crippen LogP contribution in [-0.4, -0.2) is 43.0 Å². The number of esters is 1. The summed E-state index contributed by atoms with van der Waals surface area (Å²) in [6, 6.07) is 14.7. The molecule has 168 valence electrons. The number of ketones is 1. The molecule has 2 aliphatic heterocycles. The lowest BCUT2D eigenvalue weighted by Crippen LogP contribution is -2.57. The van der Waals surface area contributed by atoms with Gasteiger partial charge in [0.15, 0.2) is 9.84 Å². The Balaban J connectivity index is 1.69. The van der Waals surface area contributed by atoms with Gasteiger partial charge in [-0.3, -0.25) is 9.69 Å². The minimum absolute atomic E-state index is 0.103. The number of piperidine rings is 1. The summed E-state index contributed by atoms with van der Waals surface area (Å²) in [7, 11) is -3.74. The fourth-order valence-electron chi connectivity index (χ4n) is 5.96. The zero-order valence-corrected chi connectivity index (χ0v) is 18.8. The third-order valence-electron chi connectivity index (χ3n) is 7.23. The van der Waals surface area contributed by atoms with Crippen molar-refractivity contribution in [2.24, 2.45) is 5.92 Å². The second-order valence-electron chi connectivity index (χ2n) is 8.84. The molecule has 7 heteroatoms. The molecule has 5 rings (SSSR count). The number of benzene rings is 2. The Kier molecular flexibility index (Phi) is 5.42. The van der Waals surface area contributed by atoms with Gasteiger partial charge in [0.25, 0.3) is 0 Å². The monoisotopic (exact) mass is 453 g/mol. The fourth-order valence-corrected chi connectivity index (χ4v) is 7.94. The van der Waals surface area contributed by atoms with Gasteiger partial charge in [0, 0.05) is 18.4 Å². The zero-order valence-electron chi connectivity index (χ0n) is 18.0. The van der Waals surface area contributed by atoms with Crippen LogP contribution in [0.1, 0.15) is 55.8 Å². The Bertz CT molecular complexity index is 1150. The normalized spacial score (nSPS) is 29.7. The van der Waals surface area contributed by atoms with Gasteiger partial charge in [-0.15, -0.1) is 0 Å². The minimum Gasteiger partial charge on any atom is -0.465 e. The van der Waals surface area contributed by atoms with Gasteiger partial charge < -0.3 is 4.74 Å². The Labute approximate surface area is 188 Å². The van der Waals surface area contributed by atoms with E-state index in [0.717, 1.165) is 24.0 Å². The van der Waals surface area contributed by atoms with E-state index in [4.69, 9.17) is 4.74 Å². The van der Waals surface area contributed by atoms with Crippen LogP contribution in [0.3, 0.4) is 0 Å². The summed E-state index contributed by atoms with van der Waals surface area (Å²) in [6.45, 7) is 2.01. The van der Waals surface area contributed by atoms with E-state index in [1.165, 1.54) is 0 Å². The van der Waals surface area contributed by atoms with Gasteiger partial charge in [-0.05, 0) is 49.4 Å².